The zero-order chi connectivity index (χ0) is 13.0. The molecule has 1 saturated carbocycles. The van der Waals surface area contributed by atoms with Crippen molar-refractivity contribution in [2.24, 2.45) is 5.92 Å². The molecule has 1 aliphatic rings. The molecule has 3 nitrogen and oxygen atoms in total. The van der Waals surface area contributed by atoms with Gasteiger partial charge < -0.3 is 9.47 Å². The van der Waals surface area contributed by atoms with Crippen LogP contribution in [0.15, 0.2) is 24.3 Å². The highest BCUT2D eigenvalue weighted by atomic mass is 16.5. The third kappa shape index (κ3) is 3.03. The monoisotopic (exact) mass is 248 g/mol. The summed E-state index contributed by atoms with van der Waals surface area (Å²) in [6.07, 6.45) is 4.89. The SMILES string of the molecule is COc1ccc(C(=O)OC(C)C2CCCC2)cc1. The third-order valence-corrected chi connectivity index (χ3v) is 3.68. The van der Waals surface area contributed by atoms with Gasteiger partial charge in [0.15, 0.2) is 0 Å². The molecule has 0 heterocycles. The average molecular weight is 248 g/mol. The van der Waals surface area contributed by atoms with E-state index in [4.69, 9.17) is 9.47 Å². The minimum atomic E-state index is -0.239. The molecule has 2 rings (SSSR count). The normalized spacial score (nSPS) is 17.4. The molecule has 0 N–H and O–H groups in total. The molecular formula is C15H20O3. The first-order valence-corrected chi connectivity index (χ1v) is 6.55. The zero-order valence-corrected chi connectivity index (χ0v) is 11.0. The number of methoxy groups -OCH3 is 1. The van der Waals surface area contributed by atoms with Crippen molar-refractivity contribution < 1.29 is 14.3 Å². The van der Waals surface area contributed by atoms with E-state index in [1.165, 1.54) is 25.7 Å². The maximum absolute atomic E-state index is 11.9. The Morgan fingerprint density at radius 3 is 2.39 bits per heavy atom. The lowest BCUT2D eigenvalue weighted by atomic mass is 10.0. The number of rotatable bonds is 4. The van der Waals surface area contributed by atoms with Crippen molar-refractivity contribution >= 4 is 5.97 Å². The van der Waals surface area contributed by atoms with Gasteiger partial charge in [-0.15, -0.1) is 0 Å². The van der Waals surface area contributed by atoms with E-state index in [0.29, 0.717) is 11.5 Å². The van der Waals surface area contributed by atoms with Gasteiger partial charge >= 0.3 is 5.97 Å². The summed E-state index contributed by atoms with van der Waals surface area (Å²) in [6.45, 7) is 2.00. The Bertz CT molecular complexity index is 391. The van der Waals surface area contributed by atoms with Crippen molar-refractivity contribution in [3.63, 3.8) is 0 Å². The molecule has 0 aliphatic heterocycles. The summed E-state index contributed by atoms with van der Waals surface area (Å²) in [6, 6.07) is 7.03. The molecule has 1 atom stereocenters. The van der Waals surface area contributed by atoms with Crippen molar-refractivity contribution in [1.82, 2.24) is 0 Å². The highest BCUT2D eigenvalue weighted by molar-refractivity contribution is 5.89. The fourth-order valence-electron chi connectivity index (χ4n) is 2.49. The molecule has 1 fully saturated rings. The molecule has 0 spiro atoms. The van der Waals surface area contributed by atoms with Gasteiger partial charge in [0.2, 0.25) is 0 Å². The van der Waals surface area contributed by atoms with Crippen LogP contribution in [0.3, 0.4) is 0 Å². The van der Waals surface area contributed by atoms with Gasteiger partial charge in [-0.1, -0.05) is 12.8 Å². The Balaban J connectivity index is 1.93. The summed E-state index contributed by atoms with van der Waals surface area (Å²) in [5, 5.41) is 0. The lowest BCUT2D eigenvalue weighted by molar-refractivity contribution is 0.0204. The van der Waals surface area contributed by atoms with E-state index >= 15 is 0 Å². The van der Waals surface area contributed by atoms with Crippen LogP contribution in [0.2, 0.25) is 0 Å². The topological polar surface area (TPSA) is 35.5 Å². The van der Waals surface area contributed by atoms with Crippen molar-refractivity contribution in [2.75, 3.05) is 7.11 Å². The Labute approximate surface area is 108 Å². The molecule has 0 amide bonds. The van der Waals surface area contributed by atoms with Crippen LogP contribution in [-0.4, -0.2) is 19.2 Å². The predicted octanol–water partition coefficient (Wildman–Crippen LogP) is 3.43. The first-order valence-electron chi connectivity index (χ1n) is 6.55. The summed E-state index contributed by atoms with van der Waals surface area (Å²) in [4.78, 5) is 11.9. The number of carbonyl (C=O) groups excluding carboxylic acids is 1. The van der Waals surface area contributed by atoms with Crippen LogP contribution in [0.5, 0.6) is 5.75 Å². The Hall–Kier alpha value is -1.51. The number of ether oxygens (including phenoxy) is 2. The largest absolute Gasteiger partial charge is 0.497 e. The molecule has 0 aromatic heterocycles. The molecule has 98 valence electrons. The molecule has 1 unspecified atom stereocenters. The fourth-order valence-corrected chi connectivity index (χ4v) is 2.49. The molecule has 18 heavy (non-hydrogen) atoms. The molecule has 0 bridgehead atoms. The third-order valence-electron chi connectivity index (χ3n) is 3.68. The number of hydrogen-bond acceptors (Lipinski definition) is 3. The van der Waals surface area contributed by atoms with Crippen LogP contribution in [0.25, 0.3) is 0 Å². The van der Waals surface area contributed by atoms with E-state index in [0.717, 1.165) is 5.75 Å². The first kappa shape index (κ1) is 12.9. The van der Waals surface area contributed by atoms with Crippen molar-refractivity contribution in [2.45, 2.75) is 38.7 Å². The number of hydrogen-bond donors (Lipinski definition) is 0. The molecule has 0 saturated heterocycles. The van der Waals surface area contributed by atoms with Gasteiger partial charge in [-0.3, -0.25) is 0 Å². The summed E-state index contributed by atoms with van der Waals surface area (Å²) in [5.41, 5.74) is 0.584. The number of esters is 1. The number of benzene rings is 1. The molecule has 1 aromatic carbocycles. The molecule has 0 radical (unpaired) electrons. The second-order valence-electron chi connectivity index (χ2n) is 4.88. The van der Waals surface area contributed by atoms with Crippen LogP contribution < -0.4 is 4.74 Å². The predicted molar refractivity (Wildman–Crippen MR) is 69.8 cm³/mol. The van der Waals surface area contributed by atoms with Gasteiger partial charge in [0.1, 0.15) is 11.9 Å². The van der Waals surface area contributed by atoms with Crippen LogP contribution >= 0.6 is 0 Å². The van der Waals surface area contributed by atoms with E-state index in [2.05, 4.69) is 0 Å². The van der Waals surface area contributed by atoms with E-state index in [9.17, 15) is 4.79 Å². The first-order chi connectivity index (χ1) is 8.70. The minimum Gasteiger partial charge on any atom is -0.497 e. The molecule has 1 aromatic rings. The maximum atomic E-state index is 11.9. The van der Waals surface area contributed by atoms with Gasteiger partial charge in [0, 0.05) is 0 Å². The van der Waals surface area contributed by atoms with Crippen molar-refractivity contribution in [3.05, 3.63) is 29.8 Å². The molecule has 3 heteroatoms. The van der Waals surface area contributed by atoms with Crippen LogP contribution in [0, 0.1) is 5.92 Å². The summed E-state index contributed by atoms with van der Waals surface area (Å²) < 4.78 is 10.6. The lowest BCUT2D eigenvalue weighted by Crippen LogP contribution is -2.22. The second-order valence-corrected chi connectivity index (χ2v) is 4.88. The quantitative estimate of drug-likeness (QED) is 0.766. The summed E-state index contributed by atoms with van der Waals surface area (Å²) >= 11 is 0. The van der Waals surface area contributed by atoms with E-state index in [1.807, 2.05) is 6.92 Å². The Morgan fingerprint density at radius 2 is 1.83 bits per heavy atom. The Kier molecular flexibility index (Phi) is 4.24. The second kappa shape index (κ2) is 5.89. The zero-order valence-electron chi connectivity index (χ0n) is 11.0. The highest BCUT2D eigenvalue weighted by Gasteiger charge is 2.24. The van der Waals surface area contributed by atoms with Gasteiger partial charge in [0.05, 0.1) is 12.7 Å². The van der Waals surface area contributed by atoms with E-state index in [1.54, 1.807) is 31.4 Å². The van der Waals surface area contributed by atoms with Crippen LogP contribution in [-0.2, 0) is 4.74 Å². The van der Waals surface area contributed by atoms with Crippen molar-refractivity contribution in [3.8, 4) is 5.75 Å². The smallest absolute Gasteiger partial charge is 0.338 e. The van der Waals surface area contributed by atoms with Crippen LogP contribution in [0.4, 0.5) is 0 Å². The van der Waals surface area contributed by atoms with Crippen molar-refractivity contribution in [1.29, 1.82) is 0 Å². The molecule has 1 aliphatic carbocycles. The van der Waals surface area contributed by atoms with Crippen LogP contribution in [0.1, 0.15) is 43.0 Å². The standard InChI is InChI=1S/C15H20O3/c1-11(12-5-3-4-6-12)18-15(16)13-7-9-14(17-2)10-8-13/h7-12H,3-6H2,1-2H3. The highest BCUT2D eigenvalue weighted by Crippen LogP contribution is 2.29. The van der Waals surface area contributed by atoms with E-state index in [-0.39, 0.29) is 12.1 Å². The van der Waals surface area contributed by atoms with Gasteiger partial charge in [-0.05, 0) is 49.9 Å². The minimum absolute atomic E-state index is 0.0158. The van der Waals surface area contributed by atoms with E-state index < -0.39 is 0 Å². The maximum Gasteiger partial charge on any atom is 0.338 e. The fraction of sp³-hybridized carbons (Fsp3) is 0.533. The number of carbonyl (C=O) groups is 1. The average Bonchev–Trinajstić information content (AvgIpc) is 2.92. The summed E-state index contributed by atoms with van der Waals surface area (Å²) in [5.74, 6) is 1.04. The Morgan fingerprint density at radius 1 is 1.22 bits per heavy atom. The van der Waals surface area contributed by atoms with Gasteiger partial charge in [-0.2, -0.15) is 0 Å². The summed E-state index contributed by atoms with van der Waals surface area (Å²) in [7, 11) is 1.61. The van der Waals surface area contributed by atoms with Gasteiger partial charge in [0.25, 0.3) is 0 Å². The lowest BCUT2D eigenvalue weighted by Gasteiger charge is -2.19. The van der Waals surface area contributed by atoms with Gasteiger partial charge in [-0.25, -0.2) is 4.79 Å². The molecular weight excluding hydrogens is 228 g/mol.